The predicted octanol–water partition coefficient (Wildman–Crippen LogP) is 4.84. The fraction of sp³-hybridized carbons (Fsp3) is 0.143. The number of halogens is 1. The van der Waals surface area contributed by atoms with Gasteiger partial charge in [0.2, 0.25) is 11.7 Å². The molecule has 0 bridgehead atoms. The molecule has 4 nitrogen and oxygen atoms in total. The van der Waals surface area contributed by atoms with Crippen molar-refractivity contribution in [2.24, 2.45) is 0 Å². The average Bonchev–Trinajstić information content (AvgIpc) is 3.11. The molecule has 0 amide bonds. The van der Waals surface area contributed by atoms with E-state index in [2.05, 4.69) is 10.1 Å². The van der Waals surface area contributed by atoms with Crippen molar-refractivity contribution in [3.8, 4) is 11.6 Å². The molecule has 3 rings (SSSR count). The van der Waals surface area contributed by atoms with E-state index in [-0.39, 0.29) is 5.25 Å². The van der Waals surface area contributed by atoms with E-state index in [1.165, 1.54) is 0 Å². The highest BCUT2D eigenvalue weighted by Gasteiger charge is 2.18. The van der Waals surface area contributed by atoms with Crippen molar-refractivity contribution in [3.63, 3.8) is 0 Å². The van der Waals surface area contributed by atoms with Crippen LogP contribution >= 0.6 is 23.4 Å². The van der Waals surface area contributed by atoms with Gasteiger partial charge in [-0.3, -0.25) is 0 Å². The van der Waals surface area contributed by atoms with Crippen LogP contribution < -0.4 is 0 Å². The van der Waals surface area contributed by atoms with Crippen molar-refractivity contribution in [2.75, 3.05) is 0 Å². The lowest BCUT2D eigenvalue weighted by Crippen LogP contribution is -1.89. The molecule has 0 saturated carbocycles. The third-order valence-corrected chi connectivity index (χ3v) is 4.28. The number of aromatic nitrogens is 2. The van der Waals surface area contributed by atoms with Gasteiger partial charge < -0.3 is 8.94 Å². The molecule has 20 heavy (non-hydrogen) atoms. The lowest BCUT2D eigenvalue weighted by molar-refractivity contribution is 0.379. The molecule has 102 valence electrons. The van der Waals surface area contributed by atoms with Crippen LogP contribution in [0.25, 0.3) is 11.6 Å². The maximum atomic E-state index is 6.14. The van der Waals surface area contributed by atoms with Crippen LogP contribution in [0.1, 0.15) is 18.1 Å². The maximum absolute atomic E-state index is 6.14. The third-order valence-electron chi connectivity index (χ3n) is 2.67. The summed E-state index contributed by atoms with van der Waals surface area (Å²) in [6.07, 6.45) is 1.58. The molecule has 0 aliphatic heterocycles. The van der Waals surface area contributed by atoms with E-state index < -0.39 is 0 Å². The van der Waals surface area contributed by atoms with E-state index in [1.807, 2.05) is 31.2 Å². The summed E-state index contributed by atoms with van der Waals surface area (Å²) in [6.45, 7) is 1.99. The van der Waals surface area contributed by atoms with Crippen LogP contribution in [0.15, 0.2) is 56.5 Å². The first-order valence-electron chi connectivity index (χ1n) is 6.02. The molecule has 6 heteroatoms. The van der Waals surface area contributed by atoms with Gasteiger partial charge in [-0.05, 0) is 31.2 Å². The minimum atomic E-state index is 0.00566. The summed E-state index contributed by atoms with van der Waals surface area (Å²) in [5.41, 5.74) is 0. The molecule has 0 radical (unpaired) electrons. The number of hydrogen-bond acceptors (Lipinski definition) is 5. The Labute approximate surface area is 125 Å². The molecule has 0 fully saturated rings. The Balaban J connectivity index is 1.78. The van der Waals surface area contributed by atoms with Gasteiger partial charge in [0, 0.05) is 4.90 Å². The second-order valence-electron chi connectivity index (χ2n) is 4.12. The Hall–Kier alpha value is -1.72. The second kappa shape index (κ2) is 5.73. The van der Waals surface area contributed by atoms with Gasteiger partial charge in [-0.15, -0.1) is 11.8 Å². The highest BCUT2D eigenvalue weighted by Crippen LogP contribution is 2.38. The van der Waals surface area contributed by atoms with Gasteiger partial charge in [0.15, 0.2) is 5.76 Å². The normalized spacial score (nSPS) is 12.5. The summed E-state index contributed by atoms with van der Waals surface area (Å²) in [5.74, 6) is 1.59. The first-order valence-corrected chi connectivity index (χ1v) is 7.28. The molecule has 1 unspecified atom stereocenters. The Bertz CT molecular complexity index is 697. The highest BCUT2D eigenvalue weighted by molar-refractivity contribution is 7.99. The summed E-state index contributed by atoms with van der Waals surface area (Å²) in [7, 11) is 0. The Kier molecular flexibility index (Phi) is 3.80. The van der Waals surface area contributed by atoms with Crippen LogP contribution in [0.3, 0.4) is 0 Å². The summed E-state index contributed by atoms with van der Waals surface area (Å²) in [5, 5.41) is 4.64. The number of thioether (sulfide) groups is 1. The van der Waals surface area contributed by atoms with Gasteiger partial charge in [0.25, 0.3) is 0 Å². The van der Waals surface area contributed by atoms with Crippen LogP contribution in [-0.2, 0) is 0 Å². The molecule has 0 spiro atoms. The molecule has 0 aliphatic rings. The van der Waals surface area contributed by atoms with E-state index >= 15 is 0 Å². The molecular formula is C14H11ClN2O2S. The van der Waals surface area contributed by atoms with Gasteiger partial charge in [-0.25, -0.2) is 0 Å². The Morgan fingerprint density at radius 3 is 2.80 bits per heavy atom. The first-order chi connectivity index (χ1) is 9.74. The number of hydrogen-bond donors (Lipinski definition) is 0. The van der Waals surface area contributed by atoms with Crippen LogP contribution in [0.2, 0.25) is 5.02 Å². The SMILES string of the molecule is CC(Sc1ccccc1Cl)c1nc(-c2ccco2)no1. The lowest BCUT2D eigenvalue weighted by atomic mass is 10.4. The summed E-state index contributed by atoms with van der Waals surface area (Å²) < 4.78 is 10.5. The van der Waals surface area contributed by atoms with Gasteiger partial charge in [-0.2, -0.15) is 4.98 Å². The fourth-order valence-electron chi connectivity index (χ4n) is 1.69. The van der Waals surface area contributed by atoms with E-state index in [9.17, 15) is 0 Å². The zero-order chi connectivity index (χ0) is 13.9. The van der Waals surface area contributed by atoms with Crippen LogP contribution in [0.4, 0.5) is 0 Å². The van der Waals surface area contributed by atoms with Crippen molar-refractivity contribution < 1.29 is 8.94 Å². The smallest absolute Gasteiger partial charge is 0.240 e. The lowest BCUT2D eigenvalue weighted by Gasteiger charge is -2.07. The molecule has 0 aliphatic carbocycles. The topological polar surface area (TPSA) is 52.1 Å². The Morgan fingerprint density at radius 1 is 1.20 bits per heavy atom. The van der Waals surface area contributed by atoms with Crippen LogP contribution in [-0.4, -0.2) is 10.1 Å². The summed E-state index contributed by atoms with van der Waals surface area (Å²) in [6, 6.07) is 11.3. The van der Waals surface area contributed by atoms with Crippen molar-refractivity contribution in [3.05, 3.63) is 53.6 Å². The zero-order valence-corrected chi connectivity index (χ0v) is 12.2. The van der Waals surface area contributed by atoms with E-state index in [1.54, 1.807) is 30.2 Å². The first kappa shape index (κ1) is 13.3. The van der Waals surface area contributed by atoms with Gasteiger partial charge >= 0.3 is 0 Å². The van der Waals surface area contributed by atoms with E-state index in [0.717, 1.165) is 9.92 Å². The fourth-order valence-corrected chi connectivity index (χ4v) is 2.87. The quantitative estimate of drug-likeness (QED) is 0.646. The standard InChI is InChI=1S/C14H11ClN2O2S/c1-9(20-12-7-3-2-5-10(12)15)14-16-13(17-19-14)11-6-4-8-18-11/h2-9H,1H3. The highest BCUT2D eigenvalue weighted by atomic mass is 35.5. The molecular weight excluding hydrogens is 296 g/mol. The average molecular weight is 307 g/mol. The van der Waals surface area contributed by atoms with Gasteiger partial charge in [-0.1, -0.05) is 28.9 Å². The molecule has 3 aromatic rings. The van der Waals surface area contributed by atoms with Crippen molar-refractivity contribution in [1.29, 1.82) is 0 Å². The molecule has 1 atom stereocenters. The maximum Gasteiger partial charge on any atom is 0.240 e. The minimum absolute atomic E-state index is 0.00566. The number of nitrogens with zero attached hydrogens (tertiary/aromatic N) is 2. The number of rotatable bonds is 4. The zero-order valence-electron chi connectivity index (χ0n) is 10.6. The number of furan rings is 1. The van der Waals surface area contributed by atoms with Crippen molar-refractivity contribution in [1.82, 2.24) is 10.1 Å². The van der Waals surface area contributed by atoms with Gasteiger partial charge in [0.1, 0.15) is 0 Å². The predicted molar refractivity (Wildman–Crippen MR) is 77.7 cm³/mol. The largest absolute Gasteiger partial charge is 0.461 e. The summed E-state index contributed by atoms with van der Waals surface area (Å²) >= 11 is 7.71. The monoisotopic (exact) mass is 306 g/mol. The molecule has 2 heterocycles. The van der Waals surface area contributed by atoms with Crippen molar-refractivity contribution >= 4 is 23.4 Å². The summed E-state index contributed by atoms with van der Waals surface area (Å²) in [4.78, 5) is 5.33. The Morgan fingerprint density at radius 2 is 2.05 bits per heavy atom. The third kappa shape index (κ3) is 2.73. The second-order valence-corrected chi connectivity index (χ2v) is 5.91. The van der Waals surface area contributed by atoms with Crippen molar-refractivity contribution in [2.45, 2.75) is 17.1 Å². The van der Waals surface area contributed by atoms with Gasteiger partial charge in [0.05, 0.1) is 16.5 Å². The van der Waals surface area contributed by atoms with E-state index in [4.69, 9.17) is 20.5 Å². The minimum Gasteiger partial charge on any atom is -0.461 e. The van der Waals surface area contributed by atoms with Crippen LogP contribution in [0.5, 0.6) is 0 Å². The van der Waals surface area contributed by atoms with E-state index in [0.29, 0.717) is 17.5 Å². The molecule has 0 N–H and O–H groups in total. The number of benzene rings is 1. The molecule has 2 aromatic heterocycles. The molecule has 0 saturated heterocycles. The van der Waals surface area contributed by atoms with Crippen LogP contribution in [0, 0.1) is 0 Å². The molecule has 1 aromatic carbocycles.